The summed E-state index contributed by atoms with van der Waals surface area (Å²) in [5.74, 6) is 0.954. The lowest BCUT2D eigenvalue weighted by molar-refractivity contribution is -0.121. The average Bonchev–Trinajstić information content (AvgIpc) is 2.84. The molecule has 0 bridgehead atoms. The van der Waals surface area contributed by atoms with Crippen LogP contribution in [0.25, 0.3) is 0 Å². The Morgan fingerprint density at radius 3 is 2.50 bits per heavy atom. The Bertz CT molecular complexity index is 597. The molecule has 22 heavy (non-hydrogen) atoms. The number of nitrogens with one attached hydrogen (secondary N) is 1. The lowest BCUT2D eigenvalue weighted by Crippen LogP contribution is -2.25. The number of hydrogen-bond donors (Lipinski definition) is 1. The highest BCUT2D eigenvalue weighted by Crippen LogP contribution is 2.20. The summed E-state index contributed by atoms with van der Waals surface area (Å²) in [7, 11) is 1.65. The fourth-order valence-corrected chi connectivity index (χ4v) is 3.29. The molecule has 1 amide bonds. The van der Waals surface area contributed by atoms with E-state index < -0.39 is 0 Å². The number of thiophene rings is 1. The fraction of sp³-hybridized carbons (Fsp3) is 0.389. The van der Waals surface area contributed by atoms with Crippen molar-refractivity contribution in [1.82, 2.24) is 5.32 Å². The maximum Gasteiger partial charge on any atom is 0.220 e. The second-order valence-corrected chi connectivity index (χ2v) is 6.74. The van der Waals surface area contributed by atoms with Gasteiger partial charge in [-0.05, 0) is 56.0 Å². The van der Waals surface area contributed by atoms with Gasteiger partial charge in [-0.1, -0.05) is 12.1 Å². The van der Waals surface area contributed by atoms with E-state index in [1.165, 1.54) is 15.3 Å². The maximum atomic E-state index is 11.9. The van der Waals surface area contributed by atoms with Crippen molar-refractivity contribution in [3.63, 3.8) is 0 Å². The van der Waals surface area contributed by atoms with Crippen LogP contribution in [0.4, 0.5) is 0 Å². The van der Waals surface area contributed by atoms with Crippen LogP contribution >= 0.6 is 11.3 Å². The maximum absolute atomic E-state index is 11.9. The molecule has 1 aromatic heterocycles. The van der Waals surface area contributed by atoms with Crippen molar-refractivity contribution in [1.29, 1.82) is 0 Å². The fourth-order valence-electron chi connectivity index (χ4n) is 2.24. The lowest BCUT2D eigenvalue weighted by atomic mass is 10.1. The van der Waals surface area contributed by atoms with Gasteiger partial charge in [0, 0.05) is 22.7 Å². The van der Waals surface area contributed by atoms with Crippen molar-refractivity contribution in [2.24, 2.45) is 0 Å². The summed E-state index contributed by atoms with van der Waals surface area (Å²) < 4.78 is 5.12. The third-order valence-electron chi connectivity index (χ3n) is 3.71. The van der Waals surface area contributed by atoms with Gasteiger partial charge < -0.3 is 10.1 Å². The van der Waals surface area contributed by atoms with Crippen molar-refractivity contribution in [2.75, 3.05) is 13.7 Å². The van der Waals surface area contributed by atoms with Crippen molar-refractivity contribution in [3.05, 3.63) is 51.2 Å². The molecule has 0 saturated carbocycles. The van der Waals surface area contributed by atoms with Crippen LogP contribution in [0.1, 0.15) is 27.3 Å². The summed E-state index contributed by atoms with van der Waals surface area (Å²) >= 11 is 1.82. The normalized spacial score (nSPS) is 10.5. The topological polar surface area (TPSA) is 38.3 Å². The zero-order valence-corrected chi connectivity index (χ0v) is 14.3. The SMILES string of the molecule is COc1ccc(CCC(=O)NCCc2cc(C)c(C)s2)cc1. The summed E-state index contributed by atoms with van der Waals surface area (Å²) in [5.41, 5.74) is 2.49. The third kappa shape index (κ3) is 4.88. The van der Waals surface area contributed by atoms with Crippen LogP contribution in [0.5, 0.6) is 5.75 Å². The van der Waals surface area contributed by atoms with Gasteiger partial charge in [0.2, 0.25) is 5.91 Å². The number of amides is 1. The molecule has 2 aromatic rings. The van der Waals surface area contributed by atoms with Gasteiger partial charge in [0.25, 0.3) is 0 Å². The summed E-state index contributed by atoms with van der Waals surface area (Å²) in [6.07, 6.45) is 2.19. The Morgan fingerprint density at radius 1 is 1.18 bits per heavy atom. The molecule has 2 rings (SSSR count). The van der Waals surface area contributed by atoms with Crippen molar-refractivity contribution in [2.45, 2.75) is 33.1 Å². The molecule has 3 nitrogen and oxygen atoms in total. The van der Waals surface area contributed by atoms with E-state index in [9.17, 15) is 4.79 Å². The minimum absolute atomic E-state index is 0.112. The predicted molar refractivity (Wildman–Crippen MR) is 91.8 cm³/mol. The minimum atomic E-state index is 0.112. The van der Waals surface area contributed by atoms with Crippen molar-refractivity contribution < 1.29 is 9.53 Å². The summed E-state index contributed by atoms with van der Waals surface area (Å²) in [5, 5.41) is 3.00. The number of carbonyl (C=O) groups excluding carboxylic acids is 1. The zero-order valence-electron chi connectivity index (χ0n) is 13.4. The quantitative estimate of drug-likeness (QED) is 0.846. The smallest absolute Gasteiger partial charge is 0.220 e. The molecule has 0 aliphatic heterocycles. The van der Waals surface area contributed by atoms with E-state index in [1.807, 2.05) is 35.6 Å². The lowest BCUT2D eigenvalue weighted by Gasteiger charge is -2.05. The van der Waals surface area contributed by atoms with Crippen LogP contribution in [-0.4, -0.2) is 19.6 Å². The second-order valence-electron chi connectivity index (χ2n) is 5.40. The largest absolute Gasteiger partial charge is 0.497 e. The van der Waals surface area contributed by atoms with Crippen LogP contribution in [0.2, 0.25) is 0 Å². The molecule has 0 fully saturated rings. The Kier molecular flexibility index (Phi) is 6.01. The Labute approximate surface area is 136 Å². The molecular weight excluding hydrogens is 294 g/mol. The summed E-state index contributed by atoms with van der Waals surface area (Å²) in [6, 6.07) is 10.1. The molecule has 1 aromatic carbocycles. The first-order chi connectivity index (χ1) is 10.6. The number of ether oxygens (including phenoxy) is 1. The molecule has 4 heteroatoms. The highest BCUT2D eigenvalue weighted by atomic mass is 32.1. The van der Waals surface area contributed by atoms with Crippen molar-refractivity contribution >= 4 is 17.2 Å². The molecule has 0 aliphatic rings. The minimum Gasteiger partial charge on any atom is -0.497 e. The van der Waals surface area contributed by atoms with E-state index in [0.717, 1.165) is 24.2 Å². The van der Waals surface area contributed by atoms with Gasteiger partial charge in [0.15, 0.2) is 0 Å². The first-order valence-corrected chi connectivity index (χ1v) is 8.35. The van der Waals surface area contributed by atoms with Gasteiger partial charge in [0.05, 0.1) is 7.11 Å². The molecule has 0 unspecified atom stereocenters. The zero-order chi connectivity index (χ0) is 15.9. The Morgan fingerprint density at radius 2 is 1.91 bits per heavy atom. The van der Waals surface area contributed by atoms with Crippen LogP contribution < -0.4 is 10.1 Å². The van der Waals surface area contributed by atoms with Gasteiger partial charge in [-0.3, -0.25) is 4.79 Å². The van der Waals surface area contributed by atoms with Crippen LogP contribution in [-0.2, 0) is 17.6 Å². The molecule has 1 heterocycles. The van der Waals surface area contributed by atoms with E-state index in [1.54, 1.807) is 7.11 Å². The van der Waals surface area contributed by atoms with Crippen LogP contribution in [0.3, 0.4) is 0 Å². The van der Waals surface area contributed by atoms with Gasteiger partial charge in [-0.2, -0.15) is 0 Å². The average molecular weight is 317 g/mol. The standard InChI is InChI=1S/C18H23NO2S/c1-13-12-17(22-14(13)2)10-11-19-18(20)9-6-15-4-7-16(21-3)8-5-15/h4-5,7-8,12H,6,9-11H2,1-3H3,(H,19,20). The van der Waals surface area contributed by atoms with Gasteiger partial charge in [-0.25, -0.2) is 0 Å². The number of benzene rings is 1. The molecule has 0 atom stereocenters. The highest BCUT2D eigenvalue weighted by molar-refractivity contribution is 7.12. The number of carbonyl (C=O) groups is 1. The highest BCUT2D eigenvalue weighted by Gasteiger charge is 2.04. The number of rotatable bonds is 7. The molecule has 0 aliphatic carbocycles. The number of hydrogen-bond acceptors (Lipinski definition) is 3. The second kappa shape index (κ2) is 7.99. The van der Waals surface area contributed by atoms with E-state index in [2.05, 4.69) is 25.2 Å². The van der Waals surface area contributed by atoms with Gasteiger partial charge in [0.1, 0.15) is 5.75 Å². The summed E-state index contributed by atoms with van der Waals surface area (Å²) in [4.78, 5) is 14.6. The van der Waals surface area contributed by atoms with E-state index in [4.69, 9.17) is 4.74 Å². The molecule has 0 spiro atoms. The molecule has 0 saturated heterocycles. The third-order valence-corrected chi connectivity index (χ3v) is 4.92. The molecule has 0 radical (unpaired) electrons. The Hall–Kier alpha value is -1.81. The van der Waals surface area contributed by atoms with Crippen LogP contribution in [0, 0.1) is 13.8 Å². The predicted octanol–water partition coefficient (Wildman–Crippen LogP) is 3.67. The Balaban J connectivity index is 1.69. The first-order valence-electron chi connectivity index (χ1n) is 7.54. The van der Waals surface area contributed by atoms with Gasteiger partial charge >= 0.3 is 0 Å². The molecule has 1 N–H and O–H groups in total. The van der Waals surface area contributed by atoms with Gasteiger partial charge in [-0.15, -0.1) is 11.3 Å². The summed E-state index contributed by atoms with van der Waals surface area (Å²) in [6.45, 7) is 4.97. The molecular formula is C18H23NO2S. The number of aryl methyl sites for hydroxylation is 3. The monoisotopic (exact) mass is 317 g/mol. The number of methoxy groups -OCH3 is 1. The molecule has 118 valence electrons. The van der Waals surface area contributed by atoms with Crippen LogP contribution in [0.15, 0.2) is 30.3 Å². The first kappa shape index (κ1) is 16.6. The van der Waals surface area contributed by atoms with Crippen molar-refractivity contribution in [3.8, 4) is 5.75 Å². The van der Waals surface area contributed by atoms with E-state index in [0.29, 0.717) is 13.0 Å². The van der Waals surface area contributed by atoms with E-state index in [-0.39, 0.29) is 5.91 Å². The van der Waals surface area contributed by atoms with E-state index >= 15 is 0 Å².